The number of aryl methyl sites for hydroxylation is 1. The average Bonchev–Trinajstić information content (AvgIpc) is 2.53. The smallest absolute Gasteiger partial charge is 0.145 e. The number of hydrogen-bond acceptors (Lipinski definition) is 4. The largest absolute Gasteiger partial charge is 0.490 e. The molecule has 0 atom stereocenters. The fraction of sp³-hybridized carbons (Fsp3) is 0.471. The Balaban J connectivity index is 1.56. The third kappa shape index (κ3) is 3.71. The molecule has 2 aromatic rings. The third-order valence-corrected chi connectivity index (χ3v) is 3.84. The summed E-state index contributed by atoms with van der Waals surface area (Å²) in [6.45, 7) is 5.25. The predicted octanol–water partition coefficient (Wildman–Crippen LogP) is 2.69. The van der Waals surface area contributed by atoms with Crippen molar-refractivity contribution in [3.63, 3.8) is 0 Å². The van der Waals surface area contributed by atoms with Crippen LogP contribution in [0.1, 0.15) is 18.5 Å². The summed E-state index contributed by atoms with van der Waals surface area (Å²) in [5, 5.41) is 4.65. The molecule has 21 heavy (non-hydrogen) atoms. The molecule has 1 fully saturated rings. The summed E-state index contributed by atoms with van der Waals surface area (Å²) in [5.41, 5.74) is 1.96. The second-order valence-electron chi connectivity index (χ2n) is 5.47. The molecule has 1 aliphatic heterocycles. The molecule has 0 amide bonds. The summed E-state index contributed by atoms with van der Waals surface area (Å²) in [6.07, 6.45) is 2.18. The molecule has 0 radical (unpaired) electrons. The van der Waals surface area contributed by atoms with Crippen LogP contribution in [0.25, 0.3) is 10.9 Å². The van der Waals surface area contributed by atoms with Gasteiger partial charge >= 0.3 is 0 Å². The van der Waals surface area contributed by atoms with E-state index in [1.165, 1.54) is 0 Å². The number of hydrogen-bond donors (Lipinski definition) is 1. The van der Waals surface area contributed by atoms with Crippen molar-refractivity contribution in [3.05, 3.63) is 36.0 Å². The van der Waals surface area contributed by atoms with Crippen molar-refractivity contribution in [3.8, 4) is 5.75 Å². The summed E-state index contributed by atoms with van der Waals surface area (Å²) in [7, 11) is 0. The van der Waals surface area contributed by atoms with Gasteiger partial charge in [-0.05, 0) is 31.9 Å². The van der Waals surface area contributed by atoms with Crippen molar-refractivity contribution < 1.29 is 9.47 Å². The molecule has 1 aliphatic rings. The van der Waals surface area contributed by atoms with Crippen LogP contribution in [-0.2, 0) is 4.74 Å². The van der Waals surface area contributed by atoms with Crippen molar-refractivity contribution >= 4 is 10.9 Å². The predicted molar refractivity (Wildman–Crippen MR) is 83.8 cm³/mol. The van der Waals surface area contributed by atoms with E-state index < -0.39 is 0 Å². The van der Waals surface area contributed by atoms with Gasteiger partial charge in [-0.15, -0.1) is 0 Å². The second kappa shape index (κ2) is 6.87. The molecular formula is C17H22N2O2. The summed E-state index contributed by atoms with van der Waals surface area (Å²) in [4.78, 5) is 4.58. The van der Waals surface area contributed by atoms with E-state index in [2.05, 4.69) is 22.4 Å². The minimum absolute atomic E-state index is 0.565. The summed E-state index contributed by atoms with van der Waals surface area (Å²) >= 11 is 0. The summed E-state index contributed by atoms with van der Waals surface area (Å²) in [6, 6.07) is 10.7. The van der Waals surface area contributed by atoms with Crippen LogP contribution >= 0.6 is 0 Å². The van der Waals surface area contributed by atoms with Crippen LogP contribution in [0.3, 0.4) is 0 Å². The van der Waals surface area contributed by atoms with Crippen LogP contribution < -0.4 is 10.1 Å². The Bertz CT molecular complexity index is 594. The van der Waals surface area contributed by atoms with Crippen molar-refractivity contribution in [1.82, 2.24) is 10.3 Å². The Labute approximate surface area is 125 Å². The molecular weight excluding hydrogens is 264 g/mol. The number of fused-ring (bicyclic) bond motifs is 1. The van der Waals surface area contributed by atoms with E-state index in [-0.39, 0.29) is 0 Å². The SMILES string of the molecule is Cc1ccc2cccc(OCCNC3CCOCC3)c2n1. The quantitative estimate of drug-likeness (QED) is 0.858. The first-order valence-corrected chi connectivity index (χ1v) is 7.63. The highest BCUT2D eigenvalue weighted by Gasteiger charge is 2.12. The van der Waals surface area contributed by atoms with Gasteiger partial charge < -0.3 is 14.8 Å². The van der Waals surface area contributed by atoms with E-state index in [0.29, 0.717) is 12.6 Å². The molecule has 4 nitrogen and oxygen atoms in total. The molecule has 0 bridgehead atoms. The molecule has 112 valence electrons. The molecule has 4 heteroatoms. The van der Waals surface area contributed by atoms with E-state index in [0.717, 1.165) is 54.9 Å². The van der Waals surface area contributed by atoms with Gasteiger partial charge in [0.25, 0.3) is 0 Å². The van der Waals surface area contributed by atoms with Crippen LogP contribution in [0.5, 0.6) is 5.75 Å². The first kappa shape index (κ1) is 14.3. The molecule has 0 saturated carbocycles. The van der Waals surface area contributed by atoms with Crippen molar-refractivity contribution in [2.75, 3.05) is 26.4 Å². The molecule has 0 aliphatic carbocycles. The Morgan fingerprint density at radius 2 is 2.10 bits per heavy atom. The minimum atomic E-state index is 0.565. The standard InChI is InChI=1S/C17H22N2O2/c1-13-5-6-14-3-2-4-16(17(14)19-13)21-12-9-18-15-7-10-20-11-8-15/h2-6,15,18H,7-12H2,1H3. The Morgan fingerprint density at radius 1 is 1.24 bits per heavy atom. The van der Waals surface area contributed by atoms with Crippen LogP contribution in [0.2, 0.25) is 0 Å². The molecule has 0 spiro atoms. The number of para-hydroxylation sites is 1. The molecule has 2 heterocycles. The fourth-order valence-electron chi connectivity index (χ4n) is 2.66. The van der Waals surface area contributed by atoms with Gasteiger partial charge in [-0.1, -0.05) is 18.2 Å². The lowest BCUT2D eigenvalue weighted by atomic mass is 10.1. The third-order valence-electron chi connectivity index (χ3n) is 3.84. The zero-order valence-corrected chi connectivity index (χ0v) is 12.5. The van der Waals surface area contributed by atoms with Crippen LogP contribution in [0.4, 0.5) is 0 Å². The fourth-order valence-corrected chi connectivity index (χ4v) is 2.66. The van der Waals surface area contributed by atoms with E-state index in [1.54, 1.807) is 0 Å². The maximum atomic E-state index is 5.91. The molecule has 0 unspecified atom stereocenters. The highest BCUT2D eigenvalue weighted by Crippen LogP contribution is 2.23. The van der Waals surface area contributed by atoms with Crippen molar-refractivity contribution in [2.45, 2.75) is 25.8 Å². The Hall–Kier alpha value is -1.65. The van der Waals surface area contributed by atoms with Crippen molar-refractivity contribution in [2.24, 2.45) is 0 Å². The lowest BCUT2D eigenvalue weighted by Crippen LogP contribution is -2.37. The normalized spacial score (nSPS) is 16.2. The molecule has 1 aromatic carbocycles. The highest BCUT2D eigenvalue weighted by atomic mass is 16.5. The summed E-state index contributed by atoms with van der Waals surface area (Å²) in [5.74, 6) is 0.866. The number of nitrogens with one attached hydrogen (secondary N) is 1. The van der Waals surface area contributed by atoms with Gasteiger partial charge in [0.2, 0.25) is 0 Å². The lowest BCUT2D eigenvalue weighted by molar-refractivity contribution is 0.0770. The first-order valence-electron chi connectivity index (χ1n) is 7.63. The number of aromatic nitrogens is 1. The molecule has 1 aromatic heterocycles. The van der Waals surface area contributed by atoms with Gasteiger partial charge in [0.15, 0.2) is 0 Å². The average molecular weight is 286 g/mol. The van der Waals surface area contributed by atoms with Gasteiger partial charge in [0, 0.05) is 36.9 Å². The topological polar surface area (TPSA) is 43.4 Å². The van der Waals surface area contributed by atoms with Gasteiger partial charge in [-0.3, -0.25) is 0 Å². The Kier molecular flexibility index (Phi) is 4.68. The molecule has 1 N–H and O–H groups in total. The highest BCUT2D eigenvalue weighted by molar-refractivity contribution is 5.84. The van der Waals surface area contributed by atoms with Gasteiger partial charge in [-0.25, -0.2) is 4.98 Å². The summed E-state index contributed by atoms with van der Waals surface area (Å²) < 4.78 is 11.3. The van der Waals surface area contributed by atoms with Gasteiger partial charge in [-0.2, -0.15) is 0 Å². The number of benzene rings is 1. The monoisotopic (exact) mass is 286 g/mol. The van der Waals surface area contributed by atoms with Crippen LogP contribution in [0, 0.1) is 6.92 Å². The maximum absolute atomic E-state index is 5.91. The van der Waals surface area contributed by atoms with E-state index >= 15 is 0 Å². The van der Waals surface area contributed by atoms with E-state index in [4.69, 9.17) is 9.47 Å². The first-order chi connectivity index (χ1) is 10.3. The van der Waals surface area contributed by atoms with Gasteiger partial charge in [0.05, 0.1) is 0 Å². The maximum Gasteiger partial charge on any atom is 0.145 e. The number of ether oxygens (including phenoxy) is 2. The lowest BCUT2D eigenvalue weighted by Gasteiger charge is -2.23. The number of pyridine rings is 1. The van der Waals surface area contributed by atoms with E-state index in [1.807, 2.05) is 25.1 Å². The minimum Gasteiger partial charge on any atom is -0.490 e. The zero-order chi connectivity index (χ0) is 14.5. The van der Waals surface area contributed by atoms with Crippen LogP contribution in [-0.4, -0.2) is 37.4 Å². The molecule has 3 rings (SSSR count). The molecule has 1 saturated heterocycles. The second-order valence-corrected chi connectivity index (χ2v) is 5.47. The number of rotatable bonds is 5. The van der Waals surface area contributed by atoms with Gasteiger partial charge in [0.1, 0.15) is 17.9 Å². The van der Waals surface area contributed by atoms with E-state index in [9.17, 15) is 0 Å². The zero-order valence-electron chi connectivity index (χ0n) is 12.5. The van der Waals surface area contributed by atoms with Crippen LogP contribution in [0.15, 0.2) is 30.3 Å². The van der Waals surface area contributed by atoms with Crippen molar-refractivity contribution in [1.29, 1.82) is 0 Å². The number of nitrogens with zero attached hydrogens (tertiary/aromatic N) is 1. The Morgan fingerprint density at radius 3 is 2.95 bits per heavy atom.